The Balaban J connectivity index is 2.28. The molecular formula is C11H14ClFN2O. The maximum atomic E-state index is 13.7. The summed E-state index contributed by atoms with van der Waals surface area (Å²) in [5.74, 6) is -0.0273. The number of halogens is 2. The average molecular weight is 245 g/mol. The van der Waals surface area contributed by atoms with Crippen LogP contribution in [-0.2, 0) is 4.74 Å². The van der Waals surface area contributed by atoms with Crippen molar-refractivity contribution in [1.29, 1.82) is 0 Å². The highest BCUT2D eigenvalue weighted by atomic mass is 35.5. The molecule has 2 heterocycles. The summed E-state index contributed by atoms with van der Waals surface area (Å²) in [6, 6.07) is 1.41. The second-order valence-electron chi connectivity index (χ2n) is 4.10. The third kappa shape index (κ3) is 2.28. The first-order valence-electron chi connectivity index (χ1n) is 5.27. The molecule has 0 saturated carbocycles. The van der Waals surface area contributed by atoms with Gasteiger partial charge in [-0.1, -0.05) is 11.6 Å². The van der Waals surface area contributed by atoms with Crippen molar-refractivity contribution >= 4 is 17.4 Å². The van der Waals surface area contributed by atoms with Crippen molar-refractivity contribution in [2.45, 2.75) is 26.0 Å². The van der Waals surface area contributed by atoms with E-state index in [1.807, 2.05) is 18.7 Å². The van der Waals surface area contributed by atoms with Crippen LogP contribution in [0.4, 0.5) is 10.2 Å². The molecule has 2 unspecified atom stereocenters. The molecule has 1 aliphatic rings. The normalized spacial score (nSPS) is 25.9. The van der Waals surface area contributed by atoms with Crippen LogP contribution in [0.2, 0.25) is 5.02 Å². The fraction of sp³-hybridized carbons (Fsp3) is 0.545. The van der Waals surface area contributed by atoms with Crippen LogP contribution in [0, 0.1) is 5.82 Å². The maximum Gasteiger partial charge on any atom is 0.167 e. The van der Waals surface area contributed by atoms with Crippen molar-refractivity contribution in [2.24, 2.45) is 0 Å². The molecule has 5 heteroatoms. The van der Waals surface area contributed by atoms with E-state index in [1.54, 1.807) is 0 Å². The van der Waals surface area contributed by atoms with Crippen LogP contribution in [0.3, 0.4) is 0 Å². The van der Waals surface area contributed by atoms with Crippen LogP contribution in [-0.4, -0.2) is 30.3 Å². The molecule has 0 aromatic carbocycles. The highest BCUT2D eigenvalue weighted by Gasteiger charge is 2.26. The molecule has 1 aromatic heterocycles. The van der Waals surface area contributed by atoms with Gasteiger partial charge in [-0.15, -0.1) is 0 Å². The summed E-state index contributed by atoms with van der Waals surface area (Å²) >= 11 is 5.68. The van der Waals surface area contributed by atoms with Crippen LogP contribution >= 0.6 is 11.6 Å². The molecule has 88 valence electrons. The van der Waals surface area contributed by atoms with Gasteiger partial charge < -0.3 is 9.64 Å². The predicted octanol–water partition coefficient (Wildman–Crippen LogP) is 2.49. The minimum Gasteiger partial charge on any atom is -0.375 e. The third-order valence-electron chi connectivity index (χ3n) is 2.67. The van der Waals surface area contributed by atoms with Gasteiger partial charge in [0.05, 0.1) is 23.8 Å². The summed E-state index contributed by atoms with van der Waals surface area (Å²) < 4.78 is 19.2. The van der Waals surface area contributed by atoms with Gasteiger partial charge in [-0.25, -0.2) is 9.37 Å². The average Bonchev–Trinajstić information content (AvgIpc) is 2.22. The minimum absolute atomic E-state index is 0.0908. The van der Waals surface area contributed by atoms with Crippen LogP contribution in [0.1, 0.15) is 13.8 Å². The Bertz CT molecular complexity index is 388. The first-order chi connectivity index (χ1) is 7.58. The van der Waals surface area contributed by atoms with E-state index in [2.05, 4.69) is 4.98 Å². The molecule has 0 aliphatic carbocycles. The molecule has 1 aliphatic heterocycles. The topological polar surface area (TPSA) is 25.4 Å². The summed E-state index contributed by atoms with van der Waals surface area (Å²) in [6.45, 7) is 5.19. The number of hydrogen-bond donors (Lipinski definition) is 0. The Morgan fingerprint density at radius 2 is 2.31 bits per heavy atom. The molecule has 0 amide bonds. The quantitative estimate of drug-likeness (QED) is 0.759. The number of ether oxygens (including phenoxy) is 1. The number of anilines is 1. The van der Waals surface area contributed by atoms with E-state index < -0.39 is 0 Å². The van der Waals surface area contributed by atoms with Crippen LogP contribution in [0.5, 0.6) is 0 Å². The lowest BCUT2D eigenvalue weighted by Crippen LogP contribution is -2.48. The Kier molecular flexibility index (Phi) is 3.30. The first-order valence-corrected chi connectivity index (χ1v) is 5.65. The van der Waals surface area contributed by atoms with Gasteiger partial charge in [-0.05, 0) is 19.9 Å². The largest absolute Gasteiger partial charge is 0.375 e. The lowest BCUT2D eigenvalue weighted by molar-refractivity contribution is 0.0337. The SMILES string of the molecule is CC1CN(c2ncc(Cl)cc2F)C(C)CO1. The Morgan fingerprint density at radius 3 is 3.00 bits per heavy atom. The van der Waals surface area contributed by atoms with Gasteiger partial charge in [0.2, 0.25) is 0 Å². The molecule has 2 atom stereocenters. The van der Waals surface area contributed by atoms with Gasteiger partial charge in [0.25, 0.3) is 0 Å². The molecule has 1 saturated heterocycles. The van der Waals surface area contributed by atoms with E-state index in [1.165, 1.54) is 12.3 Å². The summed E-state index contributed by atoms with van der Waals surface area (Å²) in [5.41, 5.74) is 0. The molecule has 3 nitrogen and oxygen atoms in total. The van der Waals surface area contributed by atoms with Crippen molar-refractivity contribution in [3.8, 4) is 0 Å². The van der Waals surface area contributed by atoms with E-state index in [0.29, 0.717) is 24.0 Å². The van der Waals surface area contributed by atoms with Crippen LogP contribution in [0.15, 0.2) is 12.3 Å². The third-order valence-corrected chi connectivity index (χ3v) is 2.87. The molecule has 0 bridgehead atoms. The van der Waals surface area contributed by atoms with Gasteiger partial charge >= 0.3 is 0 Å². The van der Waals surface area contributed by atoms with E-state index in [9.17, 15) is 4.39 Å². The van der Waals surface area contributed by atoms with Crippen molar-refractivity contribution in [1.82, 2.24) is 4.98 Å². The van der Waals surface area contributed by atoms with Crippen molar-refractivity contribution < 1.29 is 9.13 Å². The lowest BCUT2D eigenvalue weighted by Gasteiger charge is -2.37. The molecule has 0 N–H and O–H groups in total. The molecular weight excluding hydrogens is 231 g/mol. The zero-order chi connectivity index (χ0) is 11.7. The molecule has 0 radical (unpaired) electrons. The smallest absolute Gasteiger partial charge is 0.167 e. The van der Waals surface area contributed by atoms with E-state index >= 15 is 0 Å². The fourth-order valence-corrected chi connectivity index (χ4v) is 1.96. The minimum atomic E-state index is -0.381. The highest BCUT2D eigenvalue weighted by Crippen LogP contribution is 2.24. The molecule has 2 rings (SSSR count). The van der Waals surface area contributed by atoms with Gasteiger partial charge in [0, 0.05) is 12.7 Å². The van der Waals surface area contributed by atoms with Crippen molar-refractivity contribution in [3.63, 3.8) is 0 Å². The Labute approximate surface area is 99.2 Å². The number of nitrogens with zero attached hydrogens (tertiary/aromatic N) is 2. The monoisotopic (exact) mass is 244 g/mol. The highest BCUT2D eigenvalue weighted by molar-refractivity contribution is 6.30. The molecule has 1 fully saturated rings. The van der Waals surface area contributed by atoms with Gasteiger partial charge in [0.1, 0.15) is 0 Å². The lowest BCUT2D eigenvalue weighted by atomic mass is 10.2. The summed E-state index contributed by atoms with van der Waals surface area (Å²) in [7, 11) is 0. The summed E-state index contributed by atoms with van der Waals surface area (Å²) in [5, 5.41) is 0.315. The number of rotatable bonds is 1. The fourth-order valence-electron chi connectivity index (χ4n) is 1.82. The molecule has 1 aromatic rings. The number of pyridine rings is 1. The van der Waals surface area contributed by atoms with Crippen molar-refractivity contribution in [3.05, 3.63) is 23.1 Å². The predicted molar refractivity (Wildman–Crippen MR) is 61.4 cm³/mol. The number of hydrogen-bond acceptors (Lipinski definition) is 3. The van der Waals surface area contributed by atoms with Gasteiger partial charge in [-0.3, -0.25) is 0 Å². The Morgan fingerprint density at radius 1 is 1.56 bits per heavy atom. The summed E-state index contributed by atoms with van der Waals surface area (Å²) in [6.07, 6.45) is 1.56. The van der Waals surface area contributed by atoms with Gasteiger partial charge in [0.15, 0.2) is 11.6 Å². The Hall–Kier alpha value is -0.870. The van der Waals surface area contributed by atoms with Crippen LogP contribution < -0.4 is 4.90 Å². The van der Waals surface area contributed by atoms with E-state index in [4.69, 9.17) is 16.3 Å². The van der Waals surface area contributed by atoms with Crippen molar-refractivity contribution in [2.75, 3.05) is 18.1 Å². The number of aromatic nitrogens is 1. The number of morpholine rings is 1. The standard InChI is InChI=1S/C11H14ClFN2O/c1-7-6-16-8(2)5-15(7)11-10(13)3-9(12)4-14-11/h3-4,7-8H,5-6H2,1-2H3. The first kappa shape index (κ1) is 11.6. The summed E-state index contributed by atoms with van der Waals surface area (Å²) in [4.78, 5) is 5.97. The second-order valence-corrected chi connectivity index (χ2v) is 4.54. The zero-order valence-corrected chi connectivity index (χ0v) is 10.0. The van der Waals surface area contributed by atoms with Gasteiger partial charge in [-0.2, -0.15) is 0 Å². The molecule has 16 heavy (non-hydrogen) atoms. The maximum absolute atomic E-state index is 13.7. The zero-order valence-electron chi connectivity index (χ0n) is 9.28. The van der Waals surface area contributed by atoms with Crippen LogP contribution in [0.25, 0.3) is 0 Å². The van der Waals surface area contributed by atoms with E-state index in [-0.39, 0.29) is 18.0 Å². The van der Waals surface area contributed by atoms with E-state index in [0.717, 1.165) is 0 Å². The second kappa shape index (κ2) is 4.55. The molecule has 0 spiro atoms.